The van der Waals surface area contributed by atoms with Gasteiger partial charge in [0.05, 0.1) is 12.2 Å². The molecule has 3 rings (SSSR count). The van der Waals surface area contributed by atoms with Crippen LogP contribution in [0.5, 0.6) is 5.75 Å². The van der Waals surface area contributed by atoms with Gasteiger partial charge in [-0.15, -0.1) is 0 Å². The number of carbonyl (C=O) groups excluding carboxylic acids is 3. The second-order valence-corrected chi connectivity index (χ2v) is 8.75. The Bertz CT molecular complexity index is 1030. The van der Waals surface area contributed by atoms with Crippen LogP contribution in [0, 0.1) is 0 Å². The Hall–Kier alpha value is -3.19. The molecule has 1 heterocycles. The number of ether oxygens (including phenoxy) is 1. The highest BCUT2D eigenvalue weighted by Gasteiger charge is 2.26. The first-order chi connectivity index (χ1) is 16.3. The number of hydrogen-bond donors (Lipinski definition) is 1. The van der Waals surface area contributed by atoms with Gasteiger partial charge < -0.3 is 19.9 Å². The molecule has 0 aromatic heterocycles. The zero-order valence-electron chi connectivity index (χ0n) is 20.6. The van der Waals surface area contributed by atoms with Gasteiger partial charge in [0.1, 0.15) is 5.75 Å². The lowest BCUT2D eigenvalue weighted by molar-refractivity contribution is -0.121. The number of nitrogens with zero attached hydrogens (tertiary/aromatic N) is 2. The SMILES string of the molecule is CCN(CC)CCCC(C)NC(=O)c1cccc(CN2C(=O)COc3ccc(C(C)=O)cc32)c1. The molecule has 7 heteroatoms. The molecule has 0 bridgehead atoms. The summed E-state index contributed by atoms with van der Waals surface area (Å²) in [5.41, 5.74) is 2.48. The van der Waals surface area contributed by atoms with Crippen LogP contribution in [0.25, 0.3) is 0 Å². The monoisotopic (exact) mass is 465 g/mol. The number of ketones is 1. The van der Waals surface area contributed by atoms with E-state index in [0.29, 0.717) is 22.6 Å². The quantitative estimate of drug-likeness (QED) is 0.507. The van der Waals surface area contributed by atoms with Gasteiger partial charge in [0.15, 0.2) is 12.4 Å². The summed E-state index contributed by atoms with van der Waals surface area (Å²) >= 11 is 0. The molecular formula is C27H35N3O4. The fraction of sp³-hybridized carbons (Fsp3) is 0.444. The number of rotatable bonds is 11. The first kappa shape index (κ1) is 25.4. The number of fused-ring (bicyclic) bond motifs is 1. The molecule has 34 heavy (non-hydrogen) atoms. The fourth-order valence-corrected chi connectivity index (χ4v) is 4.13. The number of hydrogen-bond acceptors (Lipinski definition) is 5. The molecule has 182 valence electrons. The Morgan fingerprint density at radius 1 is 1.12 bits per heavy atom. The van der Waals surface area contributed by atoms with Crippen molar-refractivity contribution in [3.05, 3.63) is 59.2 Å². The second kappa shape index (κ2) is 11.8. The maximum absolute atomic E-state index is 12.8. The van der Waals surface area contributed by atoms with E-state index in [9.17, 15) is 14.4 Å². The maximum Gasteiger partial charge on any atom is 0.265 e. The summed E-state index contributed by atoms with van der Waals surface area (Å²) in [7, 11) is 0. The first-order valence-electron chi connectivity index (χ1n) is 12.0. The normalized spacial score (nSPS) is 13.9. The third-order valence-corrected chi connectivity index (χ3v) is 6.22. The van der Waals surface area contributed by atoms with E-state index in [0.717, 1.165) is 38.0 Å². The molecule has 1 aliphatic rings. The van der Waals surface area contributed by atoms with Crippen LogP contribution in [-0.4, -0.2) is 54.8 Å². The summed E-state index contributed by atoms with van der Waals surface area (Å²) in [6, 6.07) is 12.5. The molecule has 1 unspecified atom stereocenters. The predicted octanol–water partition coefficient (Wildman–Crippen LogP) is 4.06. The van der Waals surface area contributed by atoms with Crippen LogP contribution in [0.1, 0.15) is 66.8 Å². The van der Waals surface area contributed by atoms with Gasteiger partial charge >= 0.3 is 0 Å². The van der Waals surface area contributed by atoms with Crippen molar-refractivity contribution in [3.8, 4) is 5.75 Å². The van der Waals surface area contributed by atoms with E-state index in [4.69, 9.17) is 4.74 Å². The minimum absolute atomic E-state index is 0.0579. The highest BCUT2D eigenvalue weighted by Crippen LogP contribution is 2.34. The minimum Gasteiger partial charge on any atom is -0.482 e. The lowest BCUT2D eigenvalue weighted by Crippen LogP contribution is -2.38. The number of amides is 2. The van der Waals surface area contributed by atoms with Gasteiger partial charge in [-0.3, -0.25) is 14.4 Å². The van der Waals surface area contributed by atoms with Crippen molar-refractivity contribution in [1.82, 2.24) is 10.2 Å². The van der Waals surface area contributed by atoms with Crippen molar-refractivity contribution < 1.29 is 19.1 Å². The van der Waals surface area contributed by atoms with E-state index in [2.05, 4.69) is 24.1 Å². The number of nitrogens with one attached hydrogen (secondary N) is 1. The first-order valence-corrected chi connectivity index (χ1v) is 12.0. The summed E-state index contributed by atoms with van der Waals surface area (Å²) in [6.45, 7) is 11.2. The molecule has 0 fully saturated rings. The van der Waals surface area contributed by atoms with Crippen molar-refractivity contribution in [2.45, 2.75) is 53.1 Å². The molecular weight excluding hydrogens is 430 g/mol. The van der Waals surface area contributed by atoms with Gasteiger partial charge in [-0.2, -0.15) is 0 Å². The van der Waals surface area contributed by atoms with E-state index in [-0.39, 0.29) is 36.8 Å². The Labute approximate surface area is 202 Å². The van der Waals surface area contributed by atoms with Gasteiger partial charge in [0.2, 0.25) is 0 Å². The lowest BCUT2D eigenvalue weighted by atomic mass is 10.1. The highest BCUT2D eigenvalue weighted by atomic mass is 16.5. The van der Waals surface area contributed by atoms with Crippen LogP contribution in [0.15, 0.2) is 42.5 Å². The molecule has 0 spiro atoms. The van der Waals surface area contributed by atoms with Crippen LogP contribution in [-0.2, 0) is 11.3 Å². The van der Waals surface area contributed by atoms with Crippen molar-refractivity contribution in [3.63, 3.8) is 0 Å². The molecule has 0 saturated heterocycles. The average Bonchev–Trinajstić information content (AvgIpc) is 2.83. The smallest absolute Gasteiger partial charge is 0.265 e. The predicted molar refractivity (Wildman–Crippen MR) is 134 cm³/mol. The molecule has 2 aromatic rings. The van der Waals surface area contributed by atoms with Crippen molar-refractivity contribution in [1.29, 1.82) is 0 Å². The zero-order chi connectivity index (χ0) is 24.7. The molecule has 0 saturated carbocycles. The van der Waals surface area contributed by atoms with Crippen LogP contribution < -0.4 is 15.0 Å². The Kier molecular flexibility index (Phi) is 8.82. The number of Topliss-reactive ketones (excluding diaryl/α,β-unsaturated/α-hetero) is 1. The Balaban J connectivity index is 1.67. The van der Waals surface area contributed by atoms with Gasteiger partial charge in [-0.1, -0.05) is 26.0 Å². The number of carbonyl (C=O) groups is 3. The highest BCUT2D eigenvalue weighted by molar-refractivity contribution is 6.01. The molecule has 7 nitrogen and oxygen atoms in total. The summed E-state index contributed by atoms with van der Waals surface area (Å²) in [5.74, 6) is 0.178. The van der Waals surface area contributed by atoms with Crippen molar-refractivity contribution in [2.24, 2.45) is 0 Å². The van der Waals surface area contributed by atoms with Crippen molar-refractivity contribution >= 4 is 23.3 Å². The molecule has 1 aliphatic heterocycles. The third kappa shape index (κ3) is 6.44. The van der Waals surface area contributed by atoms with Crippen LogP contribution >= 0.6 is 0 Å². The Morgan fingerprint density at radius 3 is 2.59 bits per heavy atom. The van der Waals surface area contributed by atoms with Gasteiger partial charge in [0, 0.05) is 17.2 Å². The van der Waals surface area contributed by atoms with Crippen LogP contribution in [0.2, 0.25) is 0 Å². The molecule has 1 N–H and O–H groups in total. The average molecular weight is 466 g/mol. The minimum atomic E-state index is -0.190. The standard InChI is InChI=1S/C27H35N3O4/c1-5-29(6-2)14-8-9-19(3)28-27(33)23-11-7-10-21(15-23)17-30-24-16-22(20(4)31)12-13-25(24)34-18-26(30)32/h7,10-13,15-16,19H,5-6,8-9,14,17-18H2,1-4H3,(H,28,33). The van der Waals surface area contributed by atoms with E-state index >= 15 is 0 Å². The van der Waals surface area contributed by atoms with E-state index < -0.39 is 0 Å². The number of anilines is 1. The molecule has 0 aliphatic carbocycles. The summed E-state index contributed by atoms with van der Waals surface area (Å²) < 4.78 is 5.54. The van der Waals surface area contributed by atoms with Crippen LogP contribution in [0.3, 0.4) is 0 Å². The van der Waals surface area contributed by atoms with Crippen molar-refractivity contribution in [2.75, 3.05) is 31.1 Å². The third-order valence-electron chi connectivity index (χ3n) is 6.22. The molecule has 2 aromatic carbocycles. The summed E-state index contributed by atoms with van der Waals surface area (Å²) in [6.07, 6.45) is 1.95. The van der Waals surface area contributed by atoms with Crippen LogP contribution in [0.4, 0.5) is 5.69 Å². The largest absolute Gasteiger partial charge is 0.482 e. The topological polar surface area (TPSA) is 79.0 Å². The molecule has 2 amide bonds. The van der Waals surface area contributed by atoms with Gasteiger partial charge in [0.25, 0.3) is 11.8 Å². The number of benzene rings is 2. The summed E-state index contributed by atoms with van der Waals surface area (Å²) in [5, 5.41) is 3.09. The second-order valence-electron chi connectivity index (χ2n) is 8.75. The van der Waals surface area contributed by atoms with E-state index in [1.54, 1.807) is 29.2 Å². The summed E-state index contributed by atoms with van der Waals surface area (Å²) in [4.78, 5) is 41.3. The molecule has 1 atom stereocenters. The van der Waals surface area contributed by atoms with Gasteiger partial charge in [-0.25, -0.2) is 0 Å². The Morgan fingerprint density at radius 2 is 1.88 bits per heavy atom. The van der Waals surface area contributed by atoms with E-state index in [1.165, 1.54) is 6.92 Å². The lowest BCUT2D eigenvalue weighted by Gasteiger charge is -2.30. The maximum atomic E-state index is 12.8. The van der Waals surface area contributed by atoms with E-state index in [1.807, 2.05) is 25.1 Å². The van der Waals surface area contributed by atoms with Gasteiger partial charge in [-0.05, 0) is 82.2 Å². The molecule has 0 radical (unpaired) electrons. The zero-order valence-corrected chi connectivity index (χ0v) is 20.6. The fourth-order valence-electron chi connectivity index (χ4n) is 4.13.